The van der Waals surface area contributed by atoms with Crippen LogP contribution in [0.25, 0.3) is 0 Å². The first-order chi connectivity index (χ1) is 10.3. The van der Waals surface area contributed by atoms with E-state index in [0.29, 0.717) is 5.92 Å². The van der Waals surface area contributed by atoms with Crippen molar-refractivity contribution in [1.82, 2.24) is 9.97 Å². The lowest BCUT2D eigenvalue weighted by Gasteiger charge is -2.32. The van der Waals surface area contributed by atoms with Crippen LogP contribution in [-0.2, 0) is 0 Å². The van der Waals surface area contributed by atoms with Crippen LogP contribution in [0.4, 0.5) is 11.6 Å². The Morgan fingerprint density at radius 2 is 2.00 bits per heavy atom. The average molecular weight is 288 g/mol. The van der Waals surface area contributed by atoms with Crippen LogP contribution in [0.1, 0.15) is 64.1 Å². The quantitative estimate of drug-likeness (QED) is 0.790. The van der Waals surface area contributed by atoms with Gasteiger partial charge in [0.25, 0.3) is 0 Å². The molecule has 0 atom stereocenters. The van der Waals surface area contributed by atoms with Gasteiger partial charge in [-0.25, -0.2) is 9.97 Å². The third kappa shape index (κ3) is 3.66. The molecule has 0 unspecified atom stereocenters. The van der Waals surface area contributed by atoms with Crippen molar-refractivity contribution >= 4 is 11.6 Å². The van der Waals surface area contributed by atoms with Gasteiger partial charge in [-0.3, -0.25) is 0 Å². The van der Waals surface area contributed by atoms with Crippen molar-refractivity contribution in [2.75, 3.05) is 29.9 Å². The molecule has 0 saturated heterocycles. The number of nitrogens with zero attached hydrogens (tertiary/aromatic N) is 3. The molecule has 2 aliphatic carbocycles. The van der Waals surface area contributed by atoms with E-state index in [0.717, 1.165) is 49.4 Å². The van der Waals surface area contributed by atoms with Crippen LogP contribution < -0.4 is 10.2 Å². The minimum absolute atomic E-state index is 0.606. The van der Waals surface area contributed by atoms with Gasteiger partial charge in [0, 0.05) is 31.6 Å². The van der Waals surface area contributed by atoms with Gasteiger partial charge in [0.2, 0.25) is 0 Å². The summed E-state index contributed by atoms with van der Waals surface area (Å²) in [5.41, 5.74) is 0. The Bertz CT molecular complexity index is 466. The number of anilines is 2. The molecule has 2 fully saturated rings. The first-order valence-electron chi connectivity index (χ1n) is 8.68. The van der Waals surface area contributed by atoms with E-state index in [4.69, 9.17) is 9.97 Å². The van der Waals surface area contributed by atoms with Gasteiger partial charge in [0.05, 0.1) is 0 Å². The lowest BCUT2D eigenvalue weighted by atomic mass is 9.85. The van der Waals surface area contributed by atoms with Crippen LogP contribution in [0, 0.1) is 5.92 Å². The maximum absolute atomic E-state index is 4.86. The third-order valence-electron chi connectivity index (χ3n) is 4.64. The van der Waals surface area contributed by atoms with Crippen LogP contribution in [-0.4, -0.2) is 29.6 Å². The number of rotatable bonds is 8. The third-order valence-corrected chi connectivity index (χ3v) is 4.64. The Morgan fingerprint density at radius 3 is 2.57 bits per heavy atom. The zero-order chi connectivity index (χ0) is 14.7. The topological polar surface area (TPSA) is 41.0 Å². The Hall–Kier alpha value is -1.32. The van der Waals surface area contributed by atoms with Crippen molar-refractivity contribution in [3.63, 3.8) is 0 Å². The molecule has 3 rings (SSSR count). The van der Waals surface area contributed by atoms with Gasteiger partial charge in [0.15, 0.2) is 0 Å². The van der Waals surface area contributed by atoms with Crippen LogP contribution in [0.2, 0.25) is 0 Å². The first-order valence-corrected chi connectivity index (χ1v) is 8.68. The fourth-order valence-corrected chi connectivity index (χ4v) is 2.85. The molecule has 116 valence electrons. The second-order valence-electron chi connectivity index (χ2n) is 6.51. The molecule has 0 radical (unpaired) electrons. The second-order valence-corrected chi connectivity index (χ2v) is 6.51. The zero-order valence-corrected chi connectivity index (χ0v) is 13.4. The Kier molecular flexibility index (Phi) is 4.61. The van der Waals surface area contributed by atoms with Crippen molar-refractivity contribution in [3.8, 4) is 0 Å². The molecule has 0 bridgehead atoms. The molecular weight excluding hydrogens is 260 g/mol. The smallest absolute Gasteiger partial charge is 0.136 e. The van der Waals surface area contributed by atoms with E-state index in [2.05, 4.69) is 30.1 Å². The Morgan fingerprint density at radius 1 is 1.19 bits per heavy atom. The highest BCUT2D eigenvalue weighted by Crippen LogP contribution is 2.39. The summed E-state index contributed by atoms with van der Waals surface area (Å²) < 4.78 is 0. The van der Waals surface area contributed by atoms with Gasteiger partial charge in [-0.2, -0.15) is 0 Å². The lowest BCUT2D eigenvalue weighted by Crippen LogP contribution is -2.33. The van der Waals surface area contributed by atoms with Gasteiger partial charge in [-0.05, 0) is 44.9 Å². The standard InChI is InChI=1S/C17H28N4/c1-3-10-18-15-11-16(20-17(19-15)14-8-9-14)21(4-2)12-13-6-5-7-13/h11,13-14H,3-10,12H2,1-2H3,(H,18,19,20). The van der Waals surface area contributed by atoms with E-state index in [1.165, 1.54) is 32.1 Å². The number of hydrogen-bond acceptors (Lipinski definition) is 4. The SMILES string of the molecule is CCCNc1cc(N(CC)CC2CCC2)nc(C2CC2)n1. The number of hydrogen-bond donors (Lipinski definition) is 1. The summed E-state index contributed by atoms with van der Waals surface area (Å²) in [5.74, 6) is 4.67. The maximum Gasteiger partial charge on any atom is 0.136 e. The highest BCUT2D eigenvalue weighted by atomic mass is 15.2. The summed E-state index contributed by atoms with van der Waals surface area (Å²) in [6.07, 6.45) is 7.81. The van der Waals surface area contributed by atoms with Crippen molar-refractivity contribution in [2.24, 2.45) is 5.92 Å². The molecule has 1 heterocycles. The molecule has 2 saturated carbocycles. The molecule has 4 heteroatoms. The van der Waals surface area contributed by atoms with Crippen molar-refractivity contribution in [3.05, 3.63) is 11.9 Å². The highest BCUT2D eigenvalue weighted by molar-refractivity contribution is 5.50. The summed E-state index contributed by atoms with van der Waals surface area (Å²) in [6.45, 7) is 7.59. The molecule has 0 aliphatic heterocycles. The first kappa shape index (κ1) is 14.6. The maximum atomic E-state index is 4.86. The van der Waals surface area contributed by atoms with E-state index in [-0.39, 0.29) is 0 Å². The van der Waals surface area contributed by atoms with Gasteiger partial charge >= 0.3 is 0 Å². The summed E-state index contributed by atoms with van der Waals surface area (Å²) in [6, 6.07) is 2.14. The van der Waals surface area contributed by atoms with E-state index < -0.39 is 0 Å². The van der Waals surface area contributed by atoms with Crippen molar-refractivity contribution in [2.45, 2.75) is 58.3 Å². The monoisotopic (exact) mass is 288 g/mol. The molecule has 2 aliphatic rings. The molecule has 21 heavy (non-hydrogen) atoms. The van der Waals surface area contributed by atoms with Gasteiger partial charge in [0.1, 0.15) is 17.5 Å². The molecule has 4 nitrogen and oxygen atoms in total. The largest absolute Gasteiger partial charge is 0.370 e. The molecule has 1 aromatic heterocycles. The lowest BCUT2D eigenvalue weighted by molar-refractivity contribution is 0.318. The highest BCUT2D eigenvalue weighted by Gasteiger charge is 2.28. The van der Waals surface area contributed by atoms with Gasteiger partial charge in [-0.1, -0.05) is 13.3 Å². The summed E-state index contributed by atoms with van der Waals surface area (Å²) in [7, 11) is 0. The summed E-state index contributed by atoms with van der Waals surface area (Å²) in [5, 5.41) is 3.44. The van der Waals surface area contributed by atoms with Crippen molar-refractivity contribution < 1.29 is 0 Å². The fourth-order valence-electron chi connectivity index (χ4n) is 2.85. The van der Waals surface area contributed by atoms with Crippen LogP contribution in [0.15, 0.2) is 6.07 Å². The van der Waals surface area contributed by atoms with Crippen molar-refractivity contribution in [1.29, 1.82) is 0 Å². The summed E-state index contributed by atoms with van der Waals surface area (Å²) >= 11 is 0. The van der Waals surface area contributed by atoms with E-state index in [9.17, 15) is 0 Å². The molecule has 0 spiro atoms. The Balaban J connectivity index is 1.78. The number of nitrogens with one attached hydrogen (secondary N) is 1. The predicted molar refractivity (Wildman–Crippen MR) is 88.0 cm³/mol. The second kappa shape index (κ2) is 6.63. The zero-order valence-electron chi connectivity index (χ0n) is 13.4. The van der Waals surface area contributed by atoms with Crippen LogP contribution >= 0.6 is 0 Å². The van der Waals surface area contributed by atoms with Gasteiger partial charge in [-0.15, -0.1) is 0 Å². The molecule has 0 aromatic carbocycles. The fraction of sp³-hybridized carbons (Fsp3) is 0.765. The van der Waals surface area contributed by atoms with Crippen LogP contribution in [0.3, 0.4) is 0 Å². The molecule has 1 N–H and O–H groups in total. The summed E-state index contributed by atoms with van der Waals surface area (Å²) in [4.78, 5) is 12.0. The Labute approximate surface area is 128 Å². The van der Waals surface area contributed by atoms with E-state index in [1.54, 1.807) is 0 Å². The number of aromatic nitrogens is 2. The molecule has 0 amide bonds. The normalized spacial score (nSPS) is 18.4. The minimum Gasteiger partial charge on any atom is -0.370 e. The minimum atomic E-state index is 0.606. The predicted octanol–water partition coefficient (Wildman–Crippen LogP) is 3.80. The molecule has 1 aromatic rings. The average Bonchev–Trinajstić information content (AvgIpc) is 3.28. The molecular formula is C17H28N4. The van der Waals surface area contributed by atoms with E-state index >= 15 is 0 Å². The van der Waals surface area contributed by atoms with Crippen LogP contribution in [0.5, 0.6) is 0 Å². The van der Waals surface area contributed by atoms with Gasteiger partial charge < -0.3 is 10.2 Å². The van der Waals surface area contributed by atoms with E-state index in [1.807, 2.05) is 0 Å².